The van der Waals surface area contributed by atoms with Gasteiger partial charge in [0.2, 0.25) is 5.88 Å². The van der Waals surface area contributed by atoms with E-state index < -0.39 is 0 Å². The number of hydrogen-bond donors (Lipinski definition) is 2. The van der Waals surface area contributed by atoms with E-state index in [-0.39, 0.29) is 11.3 Å². The highest BCUT2D eigenvalue weighted by molar-refractivity contribution is 5.98. The van der Waals surface area contributed by atoms with Crippen molar-refractivity contribution in [3.05, 3.63) is 22.9 Å². The van der Waals surface area contributed by atoms with E-state index in [4.69, 9.17) is 15.9 Å². The van der Waals surface area contributed by atoms with Crippen LogP contribution in [0.4, 0.5) is 0 Å². The van der Waals surface area contributed by atoms with Crippen LogP contribution in [-0.2, 0) is 0 Å². The van der Waals surface area contributed by atoms with Crippen LogP contribution in [0.5, 0.6) is 5.88 Å². The van der Waals surface area contributed by atoms with Crippen molar-refractivity contribution in [2.45, 2.75) is 41.0 Å². The molecule has 100 valence electrons. The molecule has 0 saturated heterocycles. The molecule has 1 aromatic heterocycles. The lowest BCUT2D eigenvalue weighted by atomic mass is 9.93. The number of aryl methyl sites for hydroxylation is 2. The summed E-state index contributed by atoms with van der Waals surface area (Å²) in [5.74, 6) is 0.481. The number of nitrogen functional groups attached to an aromatic ring is 1. The number of nitrogens with two attached hydrogens (primary N) is 1. The van der Waals surface area contributed by atoms with Crippen molar-refractivity contribution in [3.8, 4) is 5.88 Å². The molecule has 4 heteroatoms. The first-order chi connectivity index (χ1) is 8.20. The van der Waals surface area contributed by atoms with E-state index in [0.717, 1.165) is 17.7 Å². The second-order valence-corrected chi connectivity index (χ2v) is 5.83. The average Bonchev–Trinajstić information content (AvgIpc) is 2.13. The molecule has 0 unspecified atom stereocenters. The lowest BCUT2D eigenvalue weighted by Crippen LogP contribution is -2.18. The Kier molecular flexibility index (Phi) is 4.33. The Morgan fingerprint density at radius 1 is 1.39 bits per heavy atom. The van der Waals surface area contributed by atoms with Crippen molar-refractivity contribution in [1.29, 1.82) is 5.41 Å². The molecule has 1 heterocycles. The van der Waals surface area contributed by atoms with Crippen molar-refractivity contribution in [1.82, 2.24) is 4.98 Å². The zero-order valence-electron chi connectivity index (χ0n) is 11.9. The molecule has 0 saturated carbocycles. The fraction of sp³-hybridized carbons (Fsp3) is 0.571. The Labute approximate surface area is 109 Å². The third kappa shape index (κ3) is 4.02. The number of hydrogen-bond acceptors (Lipinski definition) is 3. The minimum Gasteiger partial charge on any atom is -0.477 e. The summed E-state index contributed by atoms with van der Waals surface area (Å²) in [6.45, 7) is 10.9. The topological polar surface area (TPSA) is 72.0 Å². The Morgan fingerprint density at radius 3 is 2.50 bits per heavy atom. The molecule has 0 amide bonds. The van der Waals surface area contributed by atoms with Crippen molar-refractivity contribution in [2.75, 3.05) is 6.61 Å². The summed E-state index contributed by atoms with van der Waals surface area (Å²) >= 11 is 0. The number of pyridine rings is 1. The normalized spacial score (nSPS) is 11.4. The lowest BCUT2D eigenvalue weighted by Gasteiger charge is -2.19. The molecule has 1 rings (SSSR count). The molecular formula is C14H23N3O. The molecule has 0 aliphatic carbocycles. The van der Waals surface area contributed by atoms with E-state index >= 15 is 0 Å². The van der Waals surface area contributed by atoms with Crippen LogP contribution in [0.1, 0.15) is 44.0 Å². The van der Waals surface area contributed by atoms with Crippen molar-refractivity contribution in [3.63, 3.8) is 0 Å². The monoisotopic (exact) mass is 249 g/mol. The van der Waals surface area contributed by atoms with Gasteiger partial charge in [-0.05, 0) is 37.3 Å². The first kappa shape index (κ1) is 14.5. The zero-order valence-corrected chi connectivity index (χ0v) is 11.9. The first-order valence-electron chi connectivity index (χ1n) is 6.16. The second kappa shape index (κ2) is 5.38. The molecule has 3 N–H and O–H groups in total. The van der Waals surface area contributed by atoms with Gasteiger partial charge in [-0.25, -0.2) is 4.98 Å². The number of nitrogens with zero attached hydrogens (tertiary/aromatic N) is 1. The van der Waals surface area contributed by atoms with Crippen LogP contribution in [0.25, 0.3) is 0 Å². The van der Waals surface area contributed by atoms with Gasteiger partial charge in [0.05, 0.1) is 12.2 Å². The molecular weight excluding hydrogens is 226 g/mol. The maximum Gasteiger partial charge on any atom is 0.224 e. The largest absolute Gasteiger partial charge is 0.477 e. The number of nitrogens with one attached hydrogen (secondary N) is 1. The Morgan fingerprint density at radius 2 is 2.00 bits per heavy atom. The van der Waals surface area contributed by atoms with Crippen LogP contribution in [0.2, 0.25) is 0 Å². The molecule has 0 fully saturated rings. The number of amidine groups is 1. The number of rotatable bonds is 4. The molecule has 1 aromatic rings. The lowest BCUT2D eigenvalue weighted by molar-refractivity contribution is 0.235. The molecule has 18 heavy (non-hydrogen) atoms. The van der Waals surface area contributed by atoms with Gasteiger partial charge < -0.3 is 10.5 Å². The first-order valence-corrected chi connectivity index (χ1v) is 6.16. The van der Waals surface area contributed by atoms with Crippen LogP contribution in [0.15, 0.2) is 6.07 Å². The minimum absolute atomic E-state index is 0.00533. The summed E-state index contributed by atoms with van der Waals surface area (Å²) in [6.07, 6.45) is 0.930. The van der Waals surface area contributed by atoms with Crippen LogP contribution in [0, 0.1) is 24.7 Å². The van der Waals surface area contributed by atoms with Gasteiger partial charge in [-0.15, -0.1) is 0 Å². The van der Waals surface area contributed by atoms with Gasteiger partial charge in [-0.3, -0.25) is 5.41 Å². The van der Waals surface area contributed by atoms with Gasteiger partial charge in [0, 0.05) is 5.69 Å². The fourth-order valence-electron chi connectivity index (χ4n) is 1.69. The van der Waals surface area contributed by atoms with Crippen LogP contribution in [0.3, 0.4) is 0 Å². The zero-order chi connectivity index (χ0) is 13.9. The predicted molar refractivity (Wildman–Crippen MR) is 74.3 cm³/mol. The second-order valence-electron chi connectivity index (χ2n) is 5.83. The summed E-state index contributed by atoms with van der Waals surface area (Å²) in [5, 5.41) is 7.60. The van der Waals surface area contributed by atoms with Crippen LogP contribution in [-0.4, -0.2) is 17.4 Å². The maximum atomic E-state index is 7.60. The van der Waals surface area contributed by atoms with Gasteiger partial charge in [-0.1, -0.05) is 20.8 Å². The van der Waals surface area contributed by atoms with Crippen LogP contribution < -0.4 is 10.5 Å². The maximum absolute atomic E-state index is 7.60. The molecule has 0 spiro atoms. The van der Waals surface area contributed by atoms with E-state index in [2.05, 4.69) is 25.8 Å². The standard InChI is InChI=1S/C14H23N3O/c1-9-8-10(2)17-13(11(9)12(15)16)18-7-6-14(3,4)5/h8H,6-7H2,1-5H3,(H3,15,16). The molecule has 4 nitrogen and oxygen atoms in total. The van der Waals surface area contributed by atoms with Gasteiger partial charge >= 0.3 is 0 Å². The van der Waals surface area contributed by atoms with Gasteiger partial charge in [0.15, 0.2) is 0 Å². The molecule has 0 aliphatic heterocycles. The minimum atomic E-state index is 0.00533. The van der Waals surface area contributed by atoms with Crippen LogP contribution >= 0.6 is 0 Å². The van der Waals surface area contributed by atoms with E-state index in [9.17, 15) is 0 Å². The number of aromatic nitrogens is 1. The molecule has 0 aliphatic rings. The molecule has 0 radical (unpaired) electrons. The van der Waals surface area contributed by atoms with Gasteiger partial charge in [0.25, 0.3) is 0 Å². The van der Waals surface area contributed by atoms with Gasteiger partial charge in [0.1, 0.15) is 5.84 Å². The highest BCUT2D eigenvalue weighted by Gasteiger charge is 2.15. The van der Waals surface area contributed by atoms with Crippen molar-refractivity contribution in [2.24, 2.45) is 11.1 Å². The molecule has 0 atom stereocenters. The van der Waals surface area contributed by atoms with Gasteiger partial charge in [-0.2, -0.15) is 0 Å². The van der Waals surface area contributed by atoms with E-state index in [1.54, 1.807) is 0 Å². The Bertz CT molecular complexity index is 447. The summed E-state index contributed by atoms with van der Waals surface area (Å²) in [7, 11) is 0. The van der Waals surface area contributed by atoms with Crippen molar-refractivity contribution < 1.29 is 4.74 Å². The highest BCUT2D eigenvalue weighted by atomic mass is 16.5. The SMILES string of the molecule is Cc1cc(C)c(C(=N)N)c(OCCC(C)(C)C)n1. The highest BCUT2D eigenvalue weighted by Crippen LogP contribution is 2.23. The molecule has 0 aromatic carbocycles. The van der Waals surface area contributed by atoms with E-state index in [1.165, 1.54) is 0 Å². The van der Waals surface area contributed by atoms with E-state index in [1.807, 2.05) is 19.9 Å². The number of ether oxygens (including phenoxy) is 1. The quantitative estimate of drug-likeness (QED) is 0.636. The molecule has 0 bridgehead atoms. The summed E-state index contributed by atoms with van der Waals surface area (Å²) in [4.78, 5) is 4.33. The Balaban J connectivity index is 2.90. The third-order valence-electron chi connectivity index (χ3n) is 2.67. The predicted octanol–water partition coefficient (Wildman–Crippen LogP) is 2.80. The fourth-order valence-corrected chi connectivity index (χ4v) is 1.69. The van der Waals surface area contributed by atoms with Crippen molar-refractivity contribution >= 4 is 5.84 Å². The summed E-state index contributed by atoms with van der Waals surface area (Å²) in [6, 6.07) is 1.91. The summed E-state index contributed by atoms with van der Waals surface area (Å²) < 4.78 is 5.70. The average molecular weight is 249 g/mol. The summed E-state index contributed by atoms with van der Waals surface area (Å²) in [5.41, 5.74) is 8.22. The third-order valence-corrected chi connectivity index (χ3v) is 2.67. The van der Waals surface area contributed by atoms with E-state index in [0.29, 0.717) is 18.1 Å². The smallest absolute Gasteiger partial charge is 0.224 e. The Hall–Kier alpha value is -1.58.